The van der Waals surface area contributed by atoms with Gasteiger partial charge < -0.3 is 14.4 Å². The lowest BCUT2D eigenvalue weighted by Gasteiger charge is -2.43. The minimum absolute atomic E-state index is 0.0911. The van der Waals surface area contributed by atoms with E-state index in [1.807, 2.05) is 12.3 Å². The second kappa shape index (κ2) is 7.55. The Morgan fingerprint density at radius 3 is 2.27 bits per heavy atom. The number of nitrogens with zero attached hydrogens (tertiary/aromatic N) is 3. The highest BCUT2D eigenvalue weighted by atomic mass is 16.2. The van der Waals surface area contributed by atoms with Gasteiger partial charge in [-0.05, 0) is 69.2 Å². The van der Waals surface area contributed by atoms with Crippen LogP contribution in [0.15, 0.2) is 23.1 Å². The van der Waals surface area contributed by atoms with E-state index in [1.165, 1.54) is 12.0 Å². The van der Waals surface area contributed by atoms with Crippen LogP contribution in [0, 0.1) is 5.92 Å². The second-order valence-electron chi connectivity index (χ2n) is 8.40. The Bertz CT molecular complexity index is 693. The minimum Gasteiger partial charge on any atom is -0.342 e. The number of likely N-dealkylation sites (tertiary alicyclic amines) is 2. The van der Waals surface area contributed by atoms with Crippen molar-refractivity contribution in [3.63, 3.8) is 0 Å². The molecule has 4 rings (SSSR count). The number of hydrogen-bond donors (Lipinski definition) is 0. The van der Waals surface area contributed by atoms with Crippen molar-refractivity contribution in [3.05, 3.63) is 34.2 Å². The fourth-order valence-electron chi connectivity index (χ4n) is 4.78. The van der Waals surface area contributed by atoms with Crippen LogP contribution in [0.3, 0.4) is 0 Å². The van der Waals surface area contributed by atoms with Gasteiger partial charge >= 0.3 is 0 Å². The molecule has 1 aliphatic carbocycles. The van der Waals surface area contributed by atoms with Crippen molar-refractivity contribution in [3.8, 4) is 0 Å². The fourth-order valence-corrected chi connectivity index (χ4v) is 4.78. The molecule has 5 nitrogen and oxygen atoms in total. The van der Waals surface area contributed by atoms with Crippen molar-refractivity contribution in [1.82, 2.24) is 14.4 Å². The van der Waals surface area contributed by atoms with Gasteiger partial charge in [0.25, 0.3) is 5.56 Å². The Balaban J connectivity index is 1.27. The number of aromatic nitrogens is 1. The summed E-state index contributed by atoms with van der Waals surface area (Å²) in [5.41, 5.74) is 1.29. The average molecular weight is 357 g/mol. The number of aryl methyl sites for hydroxylation is 1. The number of amides is 1. The molecule has 142 valence electrons. The zero-order valence-corrected chi connectivity index (χ0v) is 15.9. The van der Waals surface area contributed by atoms with Gasteiger partial charge in [0.2, 0.25) is 5.91 Å². The van der Waals surface area contributed by atoms with E-state index in [2.05, 4.69) is 15.9 Å². The van der Waals surface area contributed by atoms with Gasteiger partial charge in [0.05, 0.1) is 0 Å². The van der Waals surface area contributed by atoms with Crippen molar-refractivity contribution in [2.75, 3.05) is 26.2 Å². The third-order valence-corrected chi connectivity index (χ3v) is 6.88. The molecule has 2 saturated heterocycles. The van der Waals surface area contributed by atoms with Crippen molar-refractivity contribution in [2.24, 2.45) is 13.0 Å². The van der Waals surface area contributed by atoms with E-state index in [1.54, 1.807) is 11.6 Å². The maximum absolute atomic E-state index is 12.4. The lowest BCUT2D eigenvalue weighted by atomic mass is 9.83. The number of rotatable bonds is 3. The van der Waals surface area contributed by atoms with Crippen LogP contribution < -0.4 is 5.56 Å². The third-order valence-electron chi connectivity index (χ3n) is 6.88. The van der Waals surface area contributed by atoms with E-state index in [9.17, 15) is 9.59 Å². The van der Waals surface area contributed by atoms with Crippen LogP contribution in [0.5, 0.6) is 0 Å². The van der Waals surface area contributed by atoms with Crippen LogP contribution in [0.1, 0.15) is 56.4 Å². The molecule has 0 radical (unpaired) electrons. The van der Waals surface area contributed by atoms with E-state index in [4.69, 9.17) is 0 Å². The number of piperidine rings is 2. The topological polar surface area (TPSA) is 45.5 Å². The first-order valence-corrected chi connectivity index (χ1v) is 10.3. The van der Waals surface area contributed by atoms with Crippen LogP contribution >= 0.6 is 0 Å². The van der Waals surface area contributed by atoms with E-state index >= 15 is 0 Å². The first kappa shape index (κ1) is 17.8. The Morgan fingerprint density at radius 1 is 1.00 bits per heavy atom. The number of pyridine rings is 1. The van der Waals surface area contributed by atoms with Gasteiger partial charge in [0, 0.05) is 44.4 Å². The molecule has 3 heterocycles. The molecule has 1 amide bonds. The first-order chi connectivity index (χ1) is 12.6. The summed E-state index contributed by atoms with van der Waals surface area (Å²) in [7, 11) is 1.80. The van der Waals surface area contributed by atoms with Crippen molar-refractivity contribution < 1.29 is 4.79 Å². The number of carbonyl (C=O) groups excluding carboxylic acids is 1. The normalized spacial score (nSPS) is 23.8. The summed E-state index contributed by atoms with van der Waals surface area (Å²) in [5.74, 6) is 1.26. The highest BCUT2D eigenvalue weighted by Gasteiger charge is 2.34. The van der Waals surface area contributed by atoms with Gasteiger partial charge in [-0.1, -0.05) is 6.42 Å². The molecular formula is C21H31N3O2. The average Bonchev–Trinajstić information content (AvgIpc) is 2.63. The molecule has 1 aromatic heterocycles. The predicted molar refractivity (Wildman–Crippen MR) is 102 cm³/mol. The quantitative estimate of drug-likeness (QED) is 0.834. The van der Waals surface area contributed by atoms with Crippen molar-refractivity contribution in [1.29, 1.82) is 0 Å². The SMILES string of the molecule is Cn1ccc(C2CCN(C3CCN(C(=O)C4CCC4)CC3)CC2)cc1=O. The second-order valence-corrected chi connectivity index (χ2v) is 8.40. The van der Waals surface area contributed by atoms with E-state index in [0.29, 0.717) is 23.8 Å². The van der Waals surface area contributed by atoms with Crippen LogP contribution in [0.2, 0.25) is 0 Å². The first-order valence-electron chi connectivity index (χ1n) is 10.3. The molecule has 0 unspecified atom stereocenters. The molecule has 0 spiro atoms. The van der Waals surface area contributed by atoms with Gasteiger partial charge in [-0.15, -0.1) is 0 Å². The summed E-state index contributed by atoms with van der Waals surface area (Å²) in [6.45, 7) is 4.10. The number of carbonyl (C=O) groups is 1. The molecule has 3 fully saturated rings. The van der Waals surface area contributed by atoms with E-state index in [0.717, 1.165) is 64.7 Å². The monoisotopic (exact) mass is 357 g/mol. The zero-order chi connectivity index (χ0) is 18.1. The lowest BCUT2D eigenvalue weighted by molar-refractivity contribution is -0.139. The summed E-state index contributed by atoms with van der Waals surface area (Å²) >= 11 is 0. The largest absolute Gasteiger partial charge is 0.342 e. The predicted octanol–water partition coefficient (Wildman–Crippen LogP) is 2.36. The van der Waals surface area contributed by atoms with Crippen molar-refractivity contribution >= 4 is 5.91 Å². The van der Waals surface area contributed by atoms with Gasteiger partial charge in [-0.2, -0.15) is 0 Å². The Kier molecular flexibility index (Phi) is 5.16. The summed E-state index contributed by atoms with van der Waals surface area (Å²) < 4.78 is 1.64. The summed E-state index contributed by atoms with van der Waals surface area (Å²) in [5, 5.41) is 0. The maximum atomic E-state index is 12.4. The fraction of sp³-hybridized carbons (Fsp3) is 0.714. The molecule has 26 heavy (non-hydrogen) atoms. The Morgan fingerprint density at radius 2 is 1.69 bits per heavy atom. The van der Waals surface area contributed by atoms with Gasteiger partial charge in [0.1, 0.15) is 0 Å². The highest BCUT2D eigenvalue weighted by molar-refractivity contribution is 5.79. The standard InChI is InChI=1S/C21H31N3O2/c1-22-10-5-18(15-20(22)25)16-6-11-23(12-7-16)19-8-13-24(14-9-19)21(26)17-3-2-4-17/h5,10,15-17,19H,2-4,6-9,11-14H2,1H3. The molecule has 0 bridgehead atoms. The summed E-state index contributed by atoms with van der Waals surface area (Å²) in [6.07, 6.45) is 9.84. The van der Waals surface area contributed by atoms with Gasteiger partial charge in [-0.25, -0.2) is 0 Å². The molecule has 5 heteroatoms. The molecular weight excluding hydrogens is 326 g/mol. The maximum Gasteiger partial charge on any atom is 0.250 e. The summed E-state index contributed by atoms with van der Waals surface area (Å²) in [6, 6.07) is 4.54. The lowest BCUT2D eigenvalue weighted by Crippen LogP contribution is -2.50. The van der Waals surface area contributed by atoms with Crippen LogP contribution in [-0.2, 0) is 11.8 Å². The van der Waals surface area contributed by atoms with Crippen LogP contribution in [-0.4, -0.2) is 52.5 Å². The van der Waals surface area contributed by atoms with E-state index < -0.39 is 0 Å². The molecule has 1 saturated carbocycles. The number of hydrogen-bond acceptors (Lipinski definition) is 3. The molecule has 0 aromatic carbocycles. The van der Waals surface area contributed by atoms with Crippen molar-refractivity contribution in [2.45, 2.75) is 56.9 Å². The van der Waals surface area contributed by atoms with Crippen LogP contribution in [0.4, 0.5) is 0 Å². The summed E-state index contributed by atoms with van der Waals surface area (Å²) in [4.78, 5) is 29.0. The smallest absolute Gasteiger partial charge is 0.250 e. The Hall–Kier alpha value is -1.62. The van der Waals surface area contributed by atoms with Gasteiger partial charge in [-0.3, -0.25) is 9.59 Å². The molecule has 2 aliphatic heterocycles. The molecule has 0 atom stereocenters. The van der Waals surface area contributed by atoms with E-state index in [-0.39, 0.29) is 5.56 Å². The molecule has 0 N–H and O–H groups in total. The third kappa shape index (κ3) is 3.59. The zero-order valence-electron chi connectivity index (χ0n) is 15.9. The molecule has 3 aliphatic rings. The van der Waals surface area contributed by atoms with Gasteiger partial charge in [0.15, 0.2) is 0 Å². The highest BCUT2D eigenvalue weighted by Crippen LogP contribution is 2.32. The molecule has 1 aromatic rings. The van der Waals surface area contributed by atoms with Crippen LogP contribution in [0.25, 0.3) is 0 Å². The Labute approximate surface area is 156 Å². The minimum atomic E-state index is 0.0911.